The molecule has 0 bridgehead atoms. The van der Waals surface area contributed by atoms with E-state index in [1.54, 1.807) is 34.5 Å². The van der Waals surface area contributed by atoms with Crippen molar-refractivity contribution >= 4 is 39.5 Å². The molecule has 2 N–H and O–H groups in total. The number of carbonyl (C=O) groups excluding carboxylic acids is 1. The first-order valence-electron chi connectivity index (χ1n) is 11.9. The van der Waals surface area contributed by atoms with Crippen LogP contribution in [0, 0.1) is 12.7 Å². The number of aromatic nitrogens is 4. The molecule has 182 valence electrons. The van der Waals surface area contributed by atoms with Gasteiger partial charge in [0, 0.05) is 67.6 Å². The van der Waals surface area contributed by atoms with Crippen LogP contribution in [-0.2, 0) is 7.05 Å². The molecule has 36 heavy (non-hydrogen) atoms. The van der Waals surface area contributed by atoms with Crippen molar-refractivity contribution in [2.75, 3.05) is 28.6 Å². The average Bonchev–Trinajstić information content (AvgIpc) is 3.56. The molecule has 0 saturated carbocycles. The van der Waals surface area contributed by atoms with Crippen LogP contribution in [0.1, 0.15) is 22.5 Å². The standard InChI is InChI=1S/C27H26FN7O/c1-17-13-35-15-20(12-23(28)26(35)29-17)31-27(36)21-8-9-24(22-16-33(2)32-25(21)22)34-11-10-19(14-34)30-18-6-4-3-5-7-18/h3-9,12-13,15-16,19,30H,10-11,14H2,1-2H3,(H,31,36)/t19-/m0/s1. The lowest BCUT2D eigenvalue weighted by atomic mass is 10.1. The van der Waals surface area contributed by atoms with Crippen LogP contribution < -0.4 is 15.5 Å². The molecule has 1 amide bonds. The molecule has 0 spiro atoms. The molecule has 0 aliphatic carbocycles. The average molecular weight is 484 g/mol. The summed E-state index contributed by atoms with van der Waals surface area (Å²) in [6.07, 6.45) is 6.33. The Morgan fingerprint density at radius 2 is 1.92 bits per heavy atom. The van der Waals surface area contributed by atoms with Gasteiger partial charge in [-0.25, -0.2) is 9.37 Å². The molecule has 1 fully saturated rings. The number of halogens is 1. The minimum atomic E-state index is -0.494. The van der Waals surface area contributed by atoms with Gasteiger partial charge in [0.25, 0.3) is 5.91 Å². The van der Waals surface area contributed by atoms with Crippen molar-refractivity contribution in [3.05, 3.63) is 84.2 Å². The molecule has 1 aliphatic rings. The van der Waals surface area contributed by atoms with Crippen LogP contribution in [0.15, 0.2) is 67.1 Å². The molecule has 9 heteroatoms. The number of fused-ring (bicyclic) bond motifs is 2. The van der Waals surface area contributed by atoms with E-state index in [0.717, 1.165) is 36.3 Å². The molecule has 0 radical (unpaired) electrons. The first kappa shape index (κ1) is 22.1. The number of hydrogen-bond acceptors (Lipinski definition) is 5. The molecule has 3 aromatic heterocycles. The monoisotopic (exact) mass is 483 g/mol. The molecule has 4 heterocycles. The number of anilines is 3. The molecule has 0 unspecified atom stereocenters. The number of imidazole rings is 1. The Morgan fingerprint density at radius 3 is 2.75 bits per heavy atom. The van der Waals surface area contributed by atoms with E-state index in [1.165, 1.54) is 6.07 Å². The molecular formula is C27H26FN7O. The summed E-state index contributed by atoms with van der Waals surface area (Å²) in [6.45, 7) is 3.56. The third-order valence-electron chi connectivity index (χ3n) is 6.57. The van der Waals surface area contributed by atoms with Crippen molar-refractivity contribution < 1.29 is 9.18 Å². The molecule has 2 aromatic carbocycles. The first-order chi connectivity index (χ1) is 17.4. The van der Waals surface area contributed by atoms with Crippen LogP contribution in [0.25, 0.3) is 16.6 Å². The van der Waals surface area contributed by atoms with Gasteiger partial charge < -0.3 is 19.9 Å². The summed E-state index contributed by atoms with van der Waals surface area (Å²) in [5.41, 5.74) is 4.50. The minimum absolute atomic E-state index is 0.229. The Bertz CT molecular complexity index is 1590. The SMILES string of the molecule is Cc1cn2cc(NC(=O)c3ccc(N4CC[C@H](Nc5ccccc5)C4)c4cn(C)nc34)cc(F)c2n1. The molecule has 1 aliphatic heterocycles. The van der Waals surface area contributed by atoms with Gasteiger partial charge in [-0.1, -0.05) is 18.2 Å². The number of nitrogens with one attached hydrogen (secondary N) is 2. The van der Waals surface area contributed by atoms with Gasteiger partial charge in [-0.3, -0.25) is 9.48 Å². The van der Waals surface area contributed by atoms with E-state index in [-0.39, 0.29) is 11.6 Å². The van der Waals surface area contributed by atoms with Crippen molar-refractivity contribution in [3.63, 3.8) is 0 Å². The van der Waals surface area contributed by atoms with Crippen molar-refractivity contribution in [3.8, 4) is 0 Å². The number of pyridine rings is 1. The number of para-hydroxylation sites is 1. The highest BCUT2D eigenvalue weighted by Gasteiger charge is 2.26. The fourth-order valence-corrected chi connectivity index (χ4v) is 4.98. The summed E-state index contributed by atoms with van der Waals surface area (Å²) in [5, 5.41) is 11.9. The Morgan fingerprint density at radius 1 is 1.08 bits per heavy atom. The summed E-state index contributed by atoms with van der Waals surface area (Å²) in [4.78, 5) is 19.7. The van der Waals surface area contributed by atoms with Crippen molar-refractivity contribution in [2.45, 2.75) is 19.4 Å². The van der Waals surface area contributed by atoms with Crippen molar-refractivity contribution in [1.29, 1.82) is 0 Å². The fraction of sp³-hybridized carbons (Fsp3) is 0.222. The third kappa shape index (κ3) is 4.02. The molecule has 1 atom stereocenters. The quantitative estimate of drug-likeness (QED) is 0.382. The highest BCUT2D eigenvalue weighted by atomic mass is 19.1. The van der Waals surface area contributed by atoms with E-state index in [0.29, 0.717) is 28.5 Å². The van der Waals surface area contributed by atoms with Gasteiger partial charge in [-0.2, -0.15) is 5.10 Å². The van der Waals surface area contributed by atoms with Gasteiger partial charge in [-0.05, 0) is 37.6 Å². The maximum atomic E-state index is 14.5. The zero-order valence-corrected chi connectivity index (χ0v) is 20.1. The van der Waals surface area contributed by atoms with E-state index < -0.39 is 5.82 Å². The van der Waals surface area contributed by atoms with Crippen molar-refractivity contribution in [1.82, 2.24) is 19.2 Å². The van der Waals surface area contributed by atoms with Crippen molar-refractivity contribution in [2.24, 2.45) is 7.05 Å². The van der Waals surface area contributed by atoms with Gasteiger partial charge in [0.05, 0.1) is 16.9 Å². The molecule has 5 aromatic rings. The molecular weight excluding hydrogens is 457 g/mol. The van der Waals surface area contributed by atoms with Crippen LogP contribution >= 0.6 is 0 Å². The Balaban J connectivity index is 1.26. The number of nitrogens with zero attached hydrogens (tertiary/aromatic N) is 5. The predicted octanol–water partition coefficient (Wildman–Crippen LogP) is 4.61. The van der Waals surface area contributed by atoms with Crippen LogP contribution in [0.2, 0.25) is 0 Å². The van der Waals surface area contributed by atoms with E-state index in [2.05, 4.69) is 37.7 Å². The number of rotatable bonds is 5. The number of aryl methyl sites for hydroxylation is 2. The minimum Gasteiger partial charge on any atom is -0.380 e. The maximum Gasteiger partial charge on any atom is 0.257 e. The van der Waals surface area contributed by atoms with Gasteiger partial charge in [0.15, 0.2) is 11.5 Å². The van der Waals surface area contributed by atoms with E-state index in [9.17, 15) is 9.18 Å². The Kier molecular flexibility index (Phi) is 5.32. The van der Waals surface area contributed by atoms with E-state index in [1.807, 2.05) is 37.5 Å². The molecule has 6 rings (SSSR count). The highest BCUT2D eigenvalue weighted by Crippen LogP contribution is 2.32. The topological polar surface area (TPSA) is 79.5 Å². The lowest BCUT2D eigenvalue weighted by molar-refractivity contribution is 0.102. The summed E-state index contributed by atoms with van der Waals surface area (Å²) in [5.74, 6) is -0.835. The Hall–Kier alpha value is -4.40. The van der Waals surface area contributed by atoms with Crippen LogP contribution in [0.3, 0.4) is 0 Å². The third-order valence-corrected chi connectivity index (χ3v) is 6.57. The smallest absolute Gasteiger partial charge is 0.257 e. The maximum absolute atomic E-state index is 14.5. The first-order valence-corrected chi connectivity index (χ1v) is 11.9. The molecule has 1 saturated heterocycles. The second-order valence-corrected chi connectivity index (χ2v) is 9.28. The summed E-state index contributed by atoms with van der Waals surface area (Å²) in [7, 11) is 1.85. The normalized spacial score (nSPS) is 15.6. The second-order valence-electron chi connectivity index (χ2n) is 9.28. The lowest BCUT2D eigenvalue weighted by Gasteiger charge is -2.21. The zero-order valence-electron chi connectivity index (χ0n) is 20.1. The van der Waals surface area contributed by atoms with Gasteiger partial charge in [-0.15, -0.1) is 0 Å². The second kappa shape index (κ2) is 8.67. The fourth-order valence-electron chi connectivity index (χ4n) is 4.98. The summed E-state index contributed by atoms with van der Waals surface area (Å²) >= 11 is 0. The summed E-state index contributed by atoms with van der Waals surface area (Å²) in [6, 6.07) is 15.6. The number of amides is 1. The largest absolute Gasteiger partial charge is 0.380 e. The zero-order chi connectivity index (χ0) is 24.8. The van der Waals surface area contributed by atoms with Gasteiger partial charge in [0.1, 0.15) is 5.52 Å². The number of carbonyl (C=O) groups is 1. The highest BCUT2D eigenvalue weighted by molar-refractivity contribution is 6.13. The molecule has 8 nitrogen and oxygen atoms in total. The van der Waals surface area contributed by atoms with Crippen LogP contribution in [0.4, 0.5) is 21.5 Å². The number of benzene rings is 2. The number of hydrogen-bond donors (Lipinski definition) is 2. The lowest BCUT2D eigenvalue weighted by Crippen LogP contribution is -2.26. The van der Waals surface area contributed by atoms with E-state index >= 15 is 0 Å². The van der Waals surface area contributed by atoms with Crippen LogP contribution in [-0.4, -0.2) is 44.2 Å². The van der Waals surface area contributed by atoms with Gasteiger partial charge >= 0.3 is 0 Å². The van der Waals surface area contributed by atoms with E-state index in [4.69, 9.17) is 0 Å². The van der Waals surface area contributed by atoms with Crippen LogP contribution in [0.5, 0.6) is 0 Å². The Labute approximate surface area is 207 Å². The summed E-state index contributed by atoms with van der Waals surface area (Å²) < 4.78 is 17.8. The van der Waals surface area contributed by atoms with Gasteiger partial charge in [0.2, 0.25) is 0 Å². The predicted molar refractivity (Wildman–Crippen MR) is 139 cm³/mol.